The third-order valence-corrected chi connectivity index (χ3v) is 5.50. The molecule has 2 aromatic rings. The van der Waals surface area contributed by atoms with Gasteiger partial charge in [0.25, 0.3) is 11.8 Å². The minimum Gasteiger partial charge on any atom is -0.325 e. The monoisotopic (exact) mass is 386 g/mol. The molecule has 0 aromatic heterocycles. The van der Waals surface area contributed by atoms with Crippen molar-refractivity contribution in [2.24, 2.45) is 0 Å². The Labute approximate surface area is 160 Å². The van der Waals surface area contributed by atoms with Gasteiger partial charge in [0.05, 0.1) is 16.4 Å². The molecule has 0 spiro atoms. The highest BCUT2D eigenvalue weighted by atomic mass is 32.2. The zero-order valence-electron chi connectivity index (χ0n) is 15.0. The number of hydrogen-bond donors (Lipinski definition) is 1. The van der Waals surface area contributed by atoms with Gasteiger partial charge >= 0.3 is 0 Å². The Morgan fingerprint density at radius 1 is 1.15 bits per heavy atom. The normalized spacial score (nSPS) is 14.3. The van der Waals surface area contributed by atoms with E-state index in [-0.39, 0.29) is 30.1 Å². The van der Waals surface area contributed by atoms with Crippen molar-refractivity contribution in [3.05, 3.63) is 65.0 Å². The van der Waals surface area contributed by atoms with E-state index in [2.05, 4.69) is 5.32 Å². The van der Waals surface area contributed by atoms with Gasteiger partial charge in [-0.25, -0.2) is 4.39 Å². The maximum atomic E-state index is 13.6. The molecule has 7 heteroatoms. The molecule has 1 aliphatic rings. The lowest BCUT2D eigenvalue weighted by Crippen LogP contribution is -2.32. The zero-order valence-corrected chi connectivity index (χ0v) is 15.8. The molecule has 2 aromatic carbocycles. The number of halogens is 1. The molecule has 3 rings (SSSR count). The minimum atomic E-state index is -0.412. The van der Waals surface area contributed by atoms with Crippen LogP contribution in [0.1, 0.15) is 33.2 Å². The quantitative estimate of drug-likeness (QED) is 0.772. The smallest absolute Gasteiger partial charge is 0.261 e. The van der Waals surface area contributed by atoms with Gasteiger partial charge in [0, 0.05) is 18.0 Å². The van der Waals surface area contributed by atoms with Crippen LogP contribution in [-0.4, -0.2) is 40.2 Å². The number of carbonyl (C=O) groups is 3. The second-order valence-corrected chi connectivity index (χ2v) is 7.72. The van der Waals surface area contributed by atoms with Gasteiger partial charge in [0.15, 0.2) is 0 Å². The first-order chi connectivity index (χ1) is 12.9. The Balaban J connectivity index is 1.51. The predicted molar refractivity (Wildman–Crippen MR) is 103 cm³/mol. The Morgan fingerprint density at radius 2 is 1.78 bits per heavy atom. The lowest BCUT2D eigenvalue weighted by molar-refractivity contribution is -0.115. The number of anilines is 1. The summed E-state index contributed by atoms with van der Waals surface area (Å²) in [6.07, 6.45) is 0. The maximum absolute atomic E-state index is 13.6. The maximum Gasteiger partial charge on any atom is 0.261 e. The summed E-state index contributed by atoms with van der Waals surface area (Å²) in [6, 6.07) is 11.3. The number of nitrogens with zero attached hydrogens (tertiary/aromatic N) is 1. The van der Waals surface area contributed by atoms with Crippen molar-refractivity contribution in [3.63, 3.8) is 0 Å². The zero-order chi connectivity index (χ0) is 19.6. The lowest BCUT2D eigenvalue weighted by Gasteiger charge is -2.16. The average Bonchev–Trinajstić information content (AvgIpc) is 2.90. The molecular weight excluding hydrogens is 367 g/mol. The molecule has 1 aliphatic heterocycles. The van der Waals surface area contributed by atoms with Crippen LogP contribution in [0.5, 0.6) is 0 Å². The number of hydrogen-bond acceptors (Lipinski definition) is 4. The van der Waals surface area contributed by atoms with E-state index in [1.54, 1.807) is 50.2 Å². The van der Waals surface area contributed by atoms with Crippen molar-refractivity contribution >= 4 is 35.2 Å². The fourth-order valence-corrected chi connectivity index (χ4v) is 3.61. The Kier molecular flexibility index (Phi) is 5.60. The molecule has 0 saturated carbocycles. The summed E-state index contributed by atoms with van der Waals surface area (Å²) in [5, 5.41) is 2.26. The van der Waals surface area contributed by atoms with Crippen molar-refractivity contribution in [1.82, 2.24) is 4.90 Å². The first-order valence-electron chi connectivity index (χ1n) is 8.52. The standard InChI is InChI=1S/C20H19FN2O3S/c1-12-7-8-14(11-17(12)21)22-18(24)13(2)27-10-9-23-19(25)15-5-3-4-6-16(15)20(23)26/h3-8,11,13H,9-10H2,1-2H3,(H,22,24). The van der Waals surface area contributed by atoms with Crippen LogP contribution in [0.4, 0.5) is 10.1 Å². The van der Waals surface area contributed by atoms with Crippen LogP contribution in [0, 0.1) is 12.7 Å². The SMILES string of the molecule is Cc1ccc(NC(=O)C(C)SCCN2C(=O)c3ccccc3C2=O)cc1F. The fraction of sp³-hybridized carbons (Fsp3) is 0.250. The van der Waals surface area contributed by atoms with Gasteiger partial charge in [0.2, 0.25) is 5.91 Å². The van der Waals surface area contributed by atoms with E-state index >= 15 is 0 Å². The molecule has 0 saturated heterocycles. The molecule has 0 aliphatic carbocycles. The number of imide groups is 1. The Morgan fingerprint density at radius 3 is 2.37 bits per heavy atom. The second-order valence-electron chi connectivity index (χ2n) is 6.27. The number of thioether (sulfide) groups is 1. The topological polar surface area (TPSA) is 66.5 Å². The molecule has 3 amide bonds. The molecule has 0 fully saturated rings. The van der Waals surface area contributed by atoms with Gasteiger partial charge in [-0.15, -0.1) is 11.8 Å². The van der Waals surface area contributed by atoms with Gasteiger partial charge in [-0.2, -0.15) is 0 Å². The first-order valence-corrected chi connectivity index (χ1v) is 9.57. The van der Waals surface area contributed by atoms with Crippen LogP contribution in [0.25, 0.3) is 0 Å². The third-order valence-electron chi connectivity index (χ3n) is 4.37. The number of rotatable bonds is 6. The van der Waals surface area contributed by atoms with Crippen LogP contribution in [0.2, 0.25) is 0 Å². The number of nitrogens with one attached hydrogen (secondary N) is 1. The molecule has 1 atom stereocenters. The first kappa shape index (κ1) is 19.1. The number of aryl methyl sites for hydroxylation is 1. The van der Waals surface area contributed by atoms with E-state index in [4.69, 9.17) is 0 Å². The molecule has 1 N–H and O–H groups in total. The van der Waals surface area contributed by atoms with Gasteiger partial charge in [-0.1, -0.05) is 18.2 Å². The summed E-state index contributed by atoms with van der Waals surface area (Å²) in [6.45, 7) is 3.61. The molecule has 0 bridgehead atoms. The van der Waals surface area contributed by atoms with Crippen molar-refractivity contribution in [2.45, 2.75) is 19.1 Å². The van der Waals surface area contributed by atoms with Crippen molar-refractivity contribution in [1.29, 1.82) is 0 Å². The van der Waals surface area contributed by atoms with Crippen LogP contribution in [-0.2, 0) is 4.79 Å². The van der Waals surface area contributed by atoms with E-state index < -0.39 is 5.25 Å². The molecule has 1 heterocycles. The Hall–Kier alpha value is -2.67. The second kappa shape index (κ2) is 7.92. The summed E-state index contributed by atoms with van der Waals surface area (Å²) in [7, 11) is 0. The van der Waals surface area contributed by atoms with Crippen molar-refractivity contribution in [2.75, 3.05) is 17.6 Å². The predicted octanol–water partition coefficient (Wildman–Crippen LogP) is 3.49. The molecule has 5 nitrogen and oxygen atoms in total. The number of benzene rings is 2. The van der Waals surface area contributed by atoms with Crippen LogP contribution in [0.15, 0.2) is 42.5 Å². The minimum absolute atomic E-state index is 0.230. The average molecular weight is 386 g/mol. The number of carbonyl (C=O) groups excluding carboxylic acids is 3. The largest absolute Gasteiger partial charge is 0.325 e. The van der Waals surface area contributed by atoms with Crippen molar-refractivity contribution in [3.8, 4) is 0 Å². The summed E-state index contributed by atoms with van der Waals surface area (Å²) in [5.41, 5.74) is 1.74. The van der Waals surface area contributed by atoms with Gasteiger partial charge < -0.3 is 5.32 Å². The van der Waals surface area contributed by atoms with Crippen LogP contribution >= 0.6 is 11.8 Å². The van der Waals surface area contributed by atoms with Crippen LogP contribution < -0.4 is 5.32 Å². The summed E-state index contributed by atoms with van der Waals surface area (Å²) in [4.78, 5) is 38.0. The van der Waals surface area contributed by atoms with Gasteiger partial charge in [0.1, 0.15) is 5.82 Å². The van der Waals surface area contributed by atoms with E-state index in [9.17, 15) is 18.8 Å². The molecule has 27 heavy (non-hydrogen) atoms. The molecule has 140 valence electrons. The van der Waals surface area contributed by atoms with E-state index in [1.165, 1.54) is 22.7 Å². The van der Waals surface area contributed by atoms with Crippen molar-refractivity contribution < 1.29 is 18.8 Å². The van der Waals surface area contributed by atoms with E-state index in [0.717, 1.165) is 0 Å². The molecule has 1 unspecified atom stereocenters. The Bertz CT molecular complexity index is 881. The molecule has 0 radical (unpaired) electrons. The van der Waals surface area contributed by atoms with Gasteiger partial charge in [-0.05, 0) is 43.7 Å². The lowest BCUT2D eigenvalue weighted by atomic mass is 10.1. The highest BCUT2D eigenvalue weighted by molar-refractivity contribution is 8.00. The van der Waals surface area contributed by atoms with E-state index in [0.29, 0.717) is 28.1 Å². The van der Waals surface area contributed by atoms with E-state index in [1.807, 2.05) is 0 Å². The highest BCUT2D eigenvalue weighted by Crippen LogP contribution is 2.23. The number of fused-ring (bicyclic) bond motifs is 1. The van der Waals surface area contributed by atoms with Crippen LogP contribution in [0.3, 0.4) is 0 Å². The fourth-order valence-electron chi connectivity index (χ4n) is 2.75. The summed E-state index contributed by atoms with van der Waals surface area (Å²) >= 11 is 1.33. The number of amides is 3. The summed E-state index contributed by atoms with van der Waals surface area (Å²) < 4.78 is 13.6. The summed E-state index contributed by atoms with van der Waals surface area (Å²) in [5.74, 6) is -0.807. The highest BCUT2D eigenvalue weighted by Gasteiger charge is 2.34. The van der Waals surface area contributed by atoms with Gasteiger partial charge in [-0.3, -0.25) is 19.3 Å². The third kappa shape index (κ3) is 4.03. The molecular formula is C20H19FN2O3S.